The Morgan fingerprint density at radius 3 is 3.00 bits per heavy atom. The third-order valence-corrected chi connectivity index (χ3v) is 6.16. The van der Waals surface area contributed by atoms with Gasteiger partial charge in [-0.2, -0.15) is 0 Å². The van der Waals surface area contributed by atoms with Crippen LogP contribution in [0.1, 0.15) is 53.6 Å². The zero-order chi connectivity index (χ0) is 19.8. The molecule has 1 aliphatic rings. The van der Waals surface area contributed by atoms with Gasteiger partial charge < -0.3 is 4.74 Å². The number of carbonyl (C=O) groups excluding carboxylic acids is 1. The maximum absolute atomic E-state index is 13.1. The number of fused-ring (bicyclic) bond motifs is 3. The standard InChI is InChI=1S/C21H23N3O3S/c1-12(2)27-21(26)15-6-4-5-14(10-15)11-24-20(25)18-16-8-7-13(3)9-17(16)28-19(18)22-23-24/h4-6,10,12-13H,7-9,11H2,1-3H3/t13-/m1/s1. The molecule has 0 saturated heterocycles. The maximum Gasteiger partial charge on any atom is 0.338 e. The Bertz CT molecular complexity index is 1100. The van der Waals surface area contributed by atoms with Crippen LogP contribution in [0.2, 0.25) is 0 Å². The average molecular weight is 398 g/mol. The zero-order valence-corrected chi connectivity index (χ0v) is 17.1. The van der Waals surface area contributed by atoms with Crippen LogP contribution in [-0.2, 0) is 24.1 Å². The molecule has 1 aromatic carbocycles. The molecular weight excluding hydrogens is 374 g/mol. The molecule has 1 atom stereocenters. The average Bonchev–Trinajstić information content (AvgIpc) is 3.02. The van der Waals surface area contributed by atoms with Gasteiger partial charge in [-0.25, -0.2) is 9.48 Å². The Balaban J connectivity index is 1.67. The number of hydrogen-bond acceptors (Lipinski definition) is 6. The molecule has 0 radical (unpaired) electrons. The molecule has 0 bridgehead atoms. The fourth-order valence-corrected chi connectivity index (χ4v) is 4.97. The molecule has 0 unspecified atom stereocenters. The second kappa shape index (κ2) is 7.47. The molecule has 4 rings (SSSR count). The van der Waals surface area contributed by atoms with E-state index in [1.165, 1.54) is 9.56 Å². The summed E-state index contributed by atoms with van der Waals surface area (Å²) < 4.78 is 6.64. The molecule has 2 aromatic heterocycles. The number of rotatable bonds is 4. The fraction of sp³-hybridized carbons (Fsp3) is 0.429. The first-order valence-corrected chi connectivity index (χ1v) is 10.4. The van der Waals surface area contributed by atoms with E-state index in [2.05, 4.69) is 17.2 Å². The molecule has 0 spiro atoms. The minimum atomic E-state index is -0.369. The summed E-state index contributed by atoms with van der Waals surface area (Å²) in [6, 6.07) is 7.11. The molecule has 0 amide bonds. The highest BCUT2D eigenvalue weighted by Gasteiger charge is 2.23. The number of hydrogen-bond donors (Lipinski definition) is 0. The molecule has 146 valence electrons. The summed E-state index contributed by atoms with van der Waals surface area (Å²) >= 11 is 1.60. The van der Waals surface area contributed by atoms with Crippen molar-refractivity contribution < 1.29 is 9.53 Å². The van der Waals surface area contributed by atoms with Gasteiger partial charge in [-0.3, -0.25) is 4.79 Å². The van der Waals surface area contributed by atoms with Crippen molar-refractivity contribution in [1.82, 2.24) is 15.0 Å². The van der Waals surface area contributed by atoms with Crippen LogP contribution in [0.5, 0.6) is 0 Å². The normalized spacial score (nSPS) is 16.4. The Morgan fingerprint density at radius 1 is 1.39 bits per heavy atom. The van der Waals surface area contributed by atoms with E-state index in [-0.39, 0.29) is 24.2 Å². The monoisotopic (exact) mass is 397 g/mol. The van der Waals surface area contributed by atoms with Crippen molar-refractivity contribution in [2.45, 2.75) is 52.7 Å². The molecule has 7 heteroatoms. The van der Waals surface area contributed by atoms with Crippen LogP contribution >= 0.6 is 11.3 Å². The predicted octanol–water partition coefficient (Wildman–Crippen LogP) is 3.59. The van der Waals surface area contributed by atoms with Crippen LogP contribution in [0.25, 0.3) is 10.2 Å². The molecule has 2 heterocycles. The van der Waals surface area contributed by atoms with Crippen LogP contribution in [0, 0.1) is 5.92 Å². The molecule has 0 N–H and O–H groups in total. The highest BCUT2D eigenvalue weighted by molar-refractivity contribution is 7.18. The van der Waals surface area contributed by atoms with E-state index in [1.54, 1.807) is 29.5 Å². The second-order valence-corrected chi connectivity index (χ2v) is 8.82. The van der Waals surface area contributed by atoms with Crippen LogP contribution in [-0.4, -0.2) is 27.1 Å². The van der Waals surface area contributed by atoms with Gasteiger partial charge in [0.1, 0.15) is 0 Å². The summed E-state index contributed by atoms with van der Waals surface area (Å²) in [6.45, 7) is 6.14. The fourth-order valence-electron chi connectivity index (χ4n) is 3.65. The smallest absolute Gasteiger partial charge is 0.338 e. The topological polar surface area (TPSA) is 74.1 Å². The lowest BCUT2D eigenvalue weighted by Crippen LogP contribution is -2.25. The molecule has 0 fully saturated rings. The van der Waals surface area contributed by atoms with Gasteiger partial charge in [0.15, 0.2) is 4.83 Å². The van der Waals surface area contributed by atoms with Gasteiger partial charge in [0, 0.05) is 4.88 Å². The summed E-state index contributed by atoms with van der Waals surface area (Å²) in [4.78, 5) is 27.2. The number of ether oxygens (including phenoxy) is 1. The highest BCUT2D eigenvalue weighted by Crippen LogP contribution is 2.35. The number of aryl methyl sites for hydroxylation is 1. The second-order valence-electron chi connectivity index (χ2n) is 7.74. The van der Waals surface area contributed by atoms with Crippen LogP contribution in [0.3, 0.4) is 0 Å². The molecule has 1 aliphatic carbocycles. The van der Waals surface area contributed by atoms with Gasteiger partial charge in [0.25, 0.3) is 5.56 Å². The van der Waals surface area contributed by atoms with Crippen molar-refractivity contribution in [3.63, 3.8) is 0 Å². The summed E-state index contributed by atoms with van der Waals surface area (Å²) in [5.74, 6) is 0.274. The number of benzene rings is 1. The summed E-state index contributed by atoms with van der Waals surface area (Å²) in [5, 5.41) is 9.16. The van der Waals surface area contributed by atoms with Gasteiger partial charge >= 0.3 is 5.97 Å². The Labute approximate surface area is 167 Å². The van der Waals surface area contributed by atoms with Crippen LogP contribution < -0.4 is 5.56 Å². The van der Waals surface area contributed by atoms with Gasteiger partial charge in [0.2, 0.25) is 0 Å². The van der Waals surface area contributed by atoms with Gasteiger partial charge in [-0.15, -0.1) is 16.4 Å². The SMILES string of the molecule is CC(C)OC(=O)c1cccc(Cn2nnc3sc4c(c3c2=O)CC[C@@H](C)C4)c1. The van der Waals surface area contributed by atoms with E-state index < -0.39 is 0 Å². The number of aromatic nitrogens is 3. The molecular formula is C21H23N3O3S. The van der Waals surface area contributed by atoms with Crippen molar-refractivity contribution >= 4 is 27.5 Å². The van der Waals surface area contributed by atoms with Crippen molar-refractivity contribution in [3.05, 3.63) is 56.2 Å². The number of carbonyl (C=O) groups is 1. The van der Waals surface area contributed by atoms with Crippen LogP contribution in [0.4, 0.5) is 0 Å². The Kier molecular flexibility index (Phi) is 5.02. The quantitative estimate of drug-likeness (QED) is 0.629. The lowest BCUT2D eigenvalue weighted by atomic mass is 9.89. The number of nitrogens with zero attached hydrogens (tertiary/aromatic N) is 3. The largest absolute Gasteiger partial charge is 0.459 e. The highest BCUT2D eigenvalue weighted by atomic mass is 32.1. The summed E-state index contributed by atoms with van der Waals surface area (Å²) in [7, 11) is 0. The van der Waals surface area contributed by atoms with Crippen molar-refractivity contribution in [2.24, 2.45) is 5.92 Å². The van der Waals surface area contributed by atoms with E-state index in [1.807, 2.05) is 19.9 Å². The van der Waals surface area contributed by atoms with Gasteiger partial charge in [0.05, 0.1) is 23.6 Å². The predicted molar refractivity (Wildman–Crippen MR) is 109 cm³/mol. The molecule has 0 saturated carbocycles. The van der Waals surface area contributed by atoms with E-state index in [4.69, 9.17) is 4.74 Å². The third-order valence-electron chi connectivity index (χ3n) is 5.02. The third kappa shape index (κ3) is 3.58. The van der Waals surface area contributed by atoms with E-state index in [0.29, 0.717) is 11.5 Å². The minimum Gasteiger partial charge on any atom is -0.459 e. The molecule has 6 nitrogen and oxygen atoms in total. The lowest BCUT2D eigenvalue weighted by molar-refractivity contribution is 0.0377. The van der Waals surface area contributed by atoms with E-state index in [0.717, 1.165) is 40.6 Å². The summed E-state index contributed by atoms with van der Waals surface area (Å²) in [6.07, 6.45) is 2.85. The van der Waals surface area contributed by atoms with E-state index in [9.17, 15) is 9.59 Å². The Morgan fingerprint density at radius 2 is 2.21 bits per heavy atom. The number of esters is 1. The Hall–Kier alpha value is -2.54. The first kappa shape index (κ1) is 18.8. The maximum atomic E-state index is 13.1. The molecule has 3 aromatic rings. The van der Waals surface area contributed by atoms with E-state index >= 15 is 0 Å². The lowest BCUT2D eigenvalue weighted by Gasteiger charge is -2.17. The zero-order valence-electron chi connectivity index (χ0n) is 16.3. The minimum absolute atomic E-state index is 0.104. The number of thiophene rings is 1. The van der Waals surface area contributed by atoms with Crippen LogP contribution in [0.15, 0.2) is 29.1 Å². The first-order chi connectivity index (χ1) is 13.4. The first-order valence-electron chi connectivity index (χ1n) is 9.60. The van der Waals surface area contributed by atoms with Crippen molar-refractivity contribution in [3.8, 4) is 0 Å². The van der Waals surface area contributed by atoms with Crippen molar-refractivity contribution in [1.29, 1.82) is 0 Å². The van der Waals surface area contributed by atoms with Gasteiger partial charge in [-0.1, -0.05) is 24.3 Å². The molecule has 0 aliphatic heterocycles. The van der Waals surface area contributed by atoms with Gasteiger partial charge in [-0.05, 0) is 62.3 Å². The van der Waals surface area contributed by atoms with Crippen molar-refractivity contribution in [2.75, 3.05) is 0 Å². The summed E-state index contributed by atoms with van der Waals surface area (Å²) in [5.41, 5.74) is 2.33. The molecule has 28 heavy (non-hydrogen) atoms.